The number of rotatable bonds is 4. The molecule has 2 N–H and O–H groups in total. The smallest absolute Gasteiger partial charge is 0.197 e. The zero-order chi connectivity index (χ0) is 11.4. The summed E-state index contributed by atoms with van der Waals surface area (Å²) in [6.07, 6.45) is 1.29. The minimum absolute atomic E-state index is 0.150. The van der Waals surface area contributed by atoms with Crippen LogP contribution in [0.3, 0.4) is 0 Å². The van der Waals surface area contributed by atoms with Gasteiger partial charge in [-0.1, -0.05) is 0 Å². The first-order chi connectivity index (χ1) is 7.07. The van der Waals surface area contributed by atoms with E-state index in [-0.39, 0.29) is 12.0 Å². The van der Waals surface area contributed by atoms with E-state index in [1.54, 1.807) is 0 Å². The van der Waals surface area contributed by atoms with Gasteiger partial charge in [0.25, 0.3) is 0 Å². The van der Waals surface area contributed by atoms with Crippen molar-refractivity contribution in [3.05, 3.63) is 34.9 Å². The van der Waals surface area contributed by atoms with Crippen molar-refractivity contribution in [3.63, 3.8) is 0 Å². The number of halogens is 4. The molecule has 1 aromatic rings. The van der Waals surface area contributed by atoms with Gasteiger partial charge < -0.3 is 5.73 Å². The van der Waals surface area contributed by atoms with E-state index >= 15 is 0 Å². The van der Waals surface area contributed by atoms with Gasteiger partial charge >= 0.3 is 0 Å². The molecule has 5 heteroatoms. The lowest BCUT2D eigenvalue weighted by Gasteiger charge is -2.05. The Balaban J connectivity index is 2.89. The molecule has 0 spiro atoms. The molecule has 0 aromatic heterocycles. The standard InChI is InChI=1S/C10H11F4N/c11-7-5-6(3-1-2-4-15)8(12)10(14)9(7)13/h5H,1-4,15H2. The quantitative estimate of drug-likeness (QED) is 0.359. The van der Waals surface area contributed by atoms with E-state index in [0.717, 1.165) is 0 Å². The van der Waals surface area contributed by atoms with Crippen molar-refractivity contribution in [3.8, 4) is 0 Å². The van der Waals surface area contributed by atoms with Crippen LogP contribution in [-0.4, -0.2) is 6.54 Å². The highest BCUT2D eigenvalue weighted by Crippen LogP contribution is 2.19. The molecule has 0 saturated carbocycles. The van der Waals surface area contributed by atoms with Crippen LogP contribution >= 0.6 is 0 Å². The lowest BCUT2D eigenvalue weighted by molar-refractivity contribution is 0.403. The second-order valence-corrected chi connectivity index (χ2v) is 3.21. The Morgan fingerprint density at radius 2 is 1.60 bits per heavy atom. The predicted octanol–water partition coefficient (Wildman–Crippen LogP) is 2.52. The maximum absolute atomic E-state index is 13.1. The summed E-state index contributed by atoms with van der Waals surface area (Å²) in [5.41, 5.74) is 5.06. The van der Waals surface area contributed by atoms with Crippen LogP contribution in [0.2, 0.25) is 0 Å². The third-order valence-electron chi connectivity index (χ3n) is 2.08. The summed E-state index contributed by atoms with van der Waals surface area (Å²) >= 11 is 0. The highest BCUT2D eigenvalue weighted by atomic mass is 19.2. The second kappa shape index (κ2) is 5.11. The molecule has 15 heavy (non-hydrogen) atoms. The van der Waals surface area contributed by atoms with E-state index in [1.165, 1.54) is 0 Å². The first kappa shape index (κ1) is 12.0. The third-order valence-corrected chi connectivity index (χ3v) is 2.08. The molecule has 0 fully saturated rings. The Morgan fingerprint density at radius 1 is 0.933 bits per heavy atom. The molecule has 0 radical (unpaired) electrons. The van der Waals surface area contributed by atoms with Crippen molar-refractivity contribution >= 4 is 0 Å². The Bertz CT molecular complexity index is 352. The van der Waals surface area contributed by atoms with E-state index in [0.29, 0.717) is 25.5 Å². The monoisotopic (exact) mass is 221 g/mol. The molecule has 84 valence electrons. The molecule has 0 aliphatic carbocycles. The molecule has 0 atom stereocenters. The minimum atomic E-state index is -1.77. The first-order valence-corrected chi connectivity index (χ1v) is 4.60. The Hall–Kier alpha value is -1.10. The van der Waals surface area contributed by atoms with Gasteiger partial charge in [-0.2, -0.15) is 0 Å². The van der Waals surface area contributed by atoms with Crippen molar-refractivity contribution in [1.29, 1.82) is 0 Å². The van der Waals surface area contributed by atoms with Gasteiger partial charge in [-0.05, 0) is 37.4 Å². The summed E-state index contributed by atoms with van der Waals surface area (Å²) in [4.78, 5) is 0. The molecule has 0 amide bonds. The molecule has 0 saturated heterocycles. The maximum Gasteiger partial charge on any atom is 0.197 e. The van der Waals surface area contributed by atoms with Crippen molar-refractivity contribution in [1.82, 2.24) is 0 Å². The second-order valence-electron chi connectivity index (χ2n) is 3.21. The van der Waals surface area contributed by atoms with Crippen molar-refractivity contribution in [2.24, 2.45) is 5.73 Å². The maximum atomic E-state index is 13.1. The molecule has 0 bridgehead atoms. The van der Waals surface area contributed by atoms with Gasteiger partial charge in [-0.15, -0.1) is 0 Å². The summed E-state index contributed by atoms with van der Waals surface area (Å²) < 4.78 is 51.1. The summed E-state index contributed by atoms with van der Waals surface area (Å²) in [6.45, 7) is 0.424. The zero-order valence-electron chi connectivity index (χ0n) is 7.99. The van der Waals surface area contributed by atoms with E-state index in [2.05, 4.69) is 0 Å². The highest BCUT2D eigenvalue weighted by Gasteiger charge is 2.18. The Labute approximate surface area is 84.9 Å². The van der Waals surface area contributed by atoms with Gasteiger partial charge in [0.2, 0.25) is 0 Å². The van der Waals surface area contributed by atoms with Gasteiger partial charge in [0.05, 0.1) is 0 Å². The fourth-order valence-corrected chi connectivity index (χ4v) is 1.26. The molecule has 0 unspecified atom stereocenters. The van der Waals surface area contributed by atoms with Crippen LogP contribution in [0.15, 0.2) is 6.07 Å². The Morgan fingerprint density at radius 3 is 2.20 bits per heavy atom. The first-order valence-electron chi connectivity index (χ1n) is 4.60. The number of nitrogens with two attached hydrogens (primary N) is 1. The van der Waals surface area contributed by atoms with E-state index in [1.807, 2.05) is 0 Å². The number of hydrogen-bond donors (Lipinski definition) is 1. The van der Waals surface area contributed by atoms with E-state index in [9.17, 15) is 17.6 Å². The van der Waals surface area contributed by atoms with Crippen LogP contribution in [0.4, 0.5) is 17.6 Å². The van der Waals surface area contributed by atoms with Gasteiger partial charge in [0, 0.05) is 0 Å². The topological polar surface area (TPSA) is 26.0 Å². The van der Waals surface area contributed by atoms with Gasteiger partial charge in [0.15, 0.2) is 23.3 Å². The van der Waals surface area contributed by atoms with Crippen LogP contribution in [0, 0.1) is 23.3 Å². The molecular weight excluding hydrogens is 210 g/mol. The lowest BCUT2D eigenvalue weighted by Crippen LogP contribution is -2.03. The summed E-state index contributed by atoms with van der Waals surface area (Å²) in [5.74, 6) is -6.20. The normalized spacial score (nSPS) is 10.7. The van der Waals surface area contributed by atoms with Crippen LogP contribution in [0.25, 0.3) is 0 Å². The highest BCUT2D eigenvalue weighted by molar-refractivity contribution is 5.21. The fraction of sp³-hybridized carbons (Fsp3) is 0.400. The van der Waals surface area contributed by atoms with Gasteiger partial charge in [0.1, 0.15) is 0 Å². The number of hydrogen-bond acceptors (Lipinski definition) is 1. The van der Waals surface area contributed by atoms with Crippen LogP contribution in [0.5, 0.6) is 0 Å². The third kappa shape index (κ3) is 2.68. The minimum Gasteiger partial charge on any atom is -0.330 e. The predicted molar refractivity (Wildman–Crippen MR) is 48.3 cm³/mol. The lowest BCUT2D eigenvalue weighted by atomic mass is 10.1. The molecule has 0 aliphatic heterocycles. The number of benzene rings is 1. The summed E-state index contributed by atoms with van der Waals surface area (Å²) in [5, 5.41) is 0. The number of unbranched alkanes of at least 4 members (excludes halogenated alkanes) is 1. The molecule has 0 heterocycles. The Kier molecular flexibility index (Phi) is 4.08. The van der Waals surface area contributed by atoms with Crippen LogP contribution in [0.1, 0.15) is 18.4 Å². The summed E-state index contributed by atoms with van der Waals surface area (Å²) in [6, 6.07) is 0.685. The van der Waals surface area contributed by atoms with Crippen molar-refractivity contribution < 1.29 is 17.6 Å². The molecule has 1 nitrogen and oxygen atoms in total. The fourth-order valence-electron chi connectivity index (χ4n) is 1.26. The van der Waals surface area contributed by atoms with E-state index in [4.69, 9.17) is 5.73 Å². The molecular formula is C10H11F4N. The zero-order valence-corrected chi connectivity index (χ0v) is 7.99. The average molecular weight is 221 g/mol. The van der Waals surface area contributed by atoms with Crippen LogP contribution in [-0.2, 0) is 6.42 Å². The molecule has 0 aliphatic rings. The average Bonchev–Trinajstić information content (AvgIpc) is 2.23. The summed E-state index contributed by atoms with van der Waals surface area (Å²) in [7, 11) is 0. The van der Waals surface area contributed by atoms with Crippen molar-refractivity contribution in [2.45, 2.75) is 19.3 Å². The largest absolute Gasteiger partial charge is 0.330 e. The SMILES string of the molecule is NCCCCc1cc(F)c(F)c(F)c1F. The molecule has 1 rings (SSSR count). The van der Waals surface area contributed by atoms with Gasteiger partial charge in [-0.3, -0.25) is 0 Å². The number of aryl methyl sites for hydroxylation is 1. The van der Waals surface area contributed by atoms with Gasteiger partial charge in [-0.25, -0.2) is 17.6 Å². The molecule has 1 aromatic carbocycles. The van der Waals surface area contributed by atoms with E-state index < -0.39 is 23.3 Å². The van der Waals surface area contributed by atoms with Crippen LogP contribution < -0.4 is 5.73 Å². The van der Waals surface area contributed by atoms with Crippen molar-refractivity contribution in [2.75, 3.05) is 6.54 Å².